The zero-order valence-electron chi connectivity index (χ0n) is 12.4. The molecule has 1 N–H and O–H groups in total. The molecule has 0 aliphatic carbocycles. The van der Waals surface area contributed by atoms with E-state index in [1.54, 1.807) is 24.3 Å². The van der Waals surface area contributed by atoms with Gasteiger partial charge in [0.2, 0.25) is 5.91 Å². The van der Waals surface area contributed by atoms with Crippen LogP contribution in [0.25, 0.3) is 10.9 Å². The highest BCUT2D eigenvalue weighted by Crippen LogP contribution is 2.16. The minimum absolute atomic E-state index is 0.144. The first-order chi connectivity index (χ1) is 11.5. The number of nitro benzene ring substituents is 1. The molecule has 0 atom stereocenters. The monoisotopic (exact) mass is 324 g/mol. The normalized spacial score (nSPS) is 10.5. The van der Waals surface area contributed by atoms with E-state index in [0.717, 1.165) is 4.57 Å². The van der Waals surface area contributed by atoms with Crippen LogP contribution in [0, 0.1) is 10.1 Å². The molecule has 8 heteroatoms. The molecule has 3 rings (SSSR count). The average Bonchev–Trinajstić information content (AvgIpc) is 2.58. The minimum atomic E-state index is -0.556. The van der Waals surface area contributed by atoms with Crippen molar-refractivity contribution >= 4 is 28.2 Å². The first-order valence-electron chi connectivity index (χ1n) is 7.03. The van der Waals surface area contributed by atoms with Crippen LogP contribution in [-0.4, -0.2) is 20.4 Å². The summed E-state index contributed by atoms with van der Waals surface area (Å²) in [6.07, 6.45) is 1.21. The molecule has 0 saturated carbocycles. The van der Waals surface area contributed by atoms with Crippen molar-refractivity contribution in [3.8, 4) is 0 Å². The van der Waals surface area contributed by atoms with E-state index in [2.05, 4.69) is 10.3 Å². The van der Waals surface area contributed by atoms with Crippen molar-refractivity contribution in [3.63, 3.8) is 0 Å². The van der Waals surface area contributed by atoms with E-state index < -0.39 is 10.5 Å². The summed E-state index contributed by atoms with van der Waals surface area (Å²) in [5, 5.41) is 13.6. The third-order valence-corrected chi connectivity index (χ3v) is 3.39. The fourth-order valence-corrected chi connectivity index (χ4v) is 2.25. The van der Waals surface area contributed by atoms with Gasteiger partial charge in [-0.1, -0.05) is 18.2 Å². The van der Waals surface area contributed by atoms with E-state index >= 15 is 0 Å². The number of benzene rings is 2. The highest BCUT2D eigenvalue weighted by molar-refractivity contribution is 5.90. The van der Waals surface area contributed by atoms with Crippen LogP contribution >= 0.6 is 0 Å². The first kappa shape index (κ1) is 15.3. The number of carbonyl (C=O) groups excluding carboxylic acids is 1. The van der Waals surface area contributed by atoms with Crippen molar-refractivity contribution in [3.05, 3.63) is 75.3 Å². The van der Waals surface area contributed by atoms with Crippen LogP contribution in [0.2, 0.25) is 0 Å². The molecule has 2 aromatic carbocycles. The lowest BCUT2D eigenvalue weighted by Gasteiger charge is -2.08. The van der Waals surface area contributed by atoms with Crippen molar-refractivity contribution < 1.29 is 9.72 Å². The summed E-state index contributed by atoms with van der Waals surface area (Å²) in [4.78, 5) is 38.6. The molecule has 1 amide bonds. The van der Waals surface area contributed by atoms with E-state index in [9.17, 15) is 19.7 Å². The summed E-state index contributed by atoms with van der Waals surface area (Å²) < 4.78 is 1.16. The number of nitrogens with one attached hydrogen (secondary N) is 1. The number of nitrogens with zero attached hydrogens (tertiary/aromatic N) is 3. The Morgan fingerprint density at radius 2 is 1.96 bits per heavy atom. The smallest absolute Gasteiger partial charge is 0.271 e. The largest absolute Gasteiger partial charge is 0.325 e. The number of amides is 1. The summed E-state index contributed by atoms with van der Waals surface area (Å²) in [6, 6.07) is 12.7. The molecule has 0 aliphatic heterocycles. The number of aromatic nitrogens is 2. The van der Waals surface area contributed by atoms with Gasteiger partial charge in [0.15, 0.2) is 0 Å². The summed E-state index contributed by atoms with van der Waals surface area (Å²) >= 11 is 0. The quantitative estimate of drug-likeness (QED) is 0.583. The number of carbonyl (C=O) groups is 1. The summed E-state index contributed by atoms with van der Waals surface area (Å²) in [5.74, 6) is -0.369. The Hall–Kier alpha value is -3.55. The van der Waals surface area contributed by atoms with Crippen molar-refractivity contribution in [2.45, 2.75) is 6.54 Å². The lowest BCUT2D eigenvalue weighted by atomic mass is 10.2. The molecule has 1 heterocycles. The molecule has 0 radical (unpaired) electrons. The lowest BCUT2D eigenvalue weighted by Crippen LogP contribution is -2.27. The maximum atomic E-state index is 12.4. The maximum Gasteiger partial charge on any atom is 0.271 e. The molecular weight excluding hydrogens is 312 g/mol. The van der Waals surface area contributed by atoms with Gasteiger partial charge in [0.25, 0.3) is 11.2 Å². The second-order valence-electron chi connectivity index (χ2n) is 5.05. The van der Waals surface area contributed by atoms with Gasteiger partial charge in [0.05, 0.1) is 22.2 Å². The zero-order valence-corrected chi connectivity index (χ0v) is 12.4. The van der Waals surface area contributed by atoms with Gasteiger partial charge in [-0.2, -0.15) is 0 Å². The third kappa shape index (κ3) is 3.12. The average molecular weight is 324 g/mol. The van der Waals surface area contributed by atoms with Crippen molar-refractivity contribution in [1.82, 2.24) is 9.55 Å². The number of para-hydroxylation sites is 1. The van der Waals surface area contributed by atoms with Gasteiger partial charge in [-0.15, -0.1) is 0 Å². The Morgan fingerprint density at radius 3 is 2.67 bits per heavy atom. The predicted octanol–water partition coefficient (Wildman–Crippen LogP) is 1.94. The van der Waals surface area contributed by atoms with Gasteiger partial charge in [-0.05, 0) is 18.2 Å². The predicted molar refractivity (Wildman–Crippen MR) is 87.7 cm³/mol. The Morgan fingerprint density at radius 1 is 1.21 bits per heavy atom. The van der Waals surface area contributed by atoms with Gasteiger partial charge >= 0.3 is 0 Å². The molecule has 0 fully saturated rings. The fraction of sp³-hybridized carbons (Fsp3) is 0.0625. The Balaban J connectivity index is 1.86. The van der Waals surface area contributed by atoms with Gasteiger partial charge in [-0.25, -0.2) is 4.98 Å². The molecule has 120 valence electrons. The fourth-order valence-electron chi connectivity index (χ4n) is 2.25. The van der Waals surface area contributed by atoms with Crippen LogP contribution in [-0.2, 0) is 11.3 Å². The number of hydrogen-bond donors (Lipinski definition) is 1. The summed E-state index contributed by atoms with van der Waals surface area (Å²) in [6.45, 7) is -0.201. The van der Waals surface area contributed by atoms with E-state index in [4.69, 9.17) is 0 Å². The Kier molecular flexibility index (Phi) is 4.02. The van der Waals surface area contributed by atoms with E-state index in [0.29, 0.717) is 5.69 Å². The zero-order chi connectivity index (χ0) is 17.1. The highest BCUT2D eigenvalue weighted by atomic mass is 16.6. The van der Waals surface area contributed by atoms with Crippen molar-refractivity contribution in [1.29, 1.82) is 0 Å². The molecule has 0 bridgehead atoms. The molecular formula is C16H12N4O4. The SMILES string of the molecule is O=C(Cn1cnc2cc([N+](=O)[O-])ccc2c1=O)Nc1ccccc1. The van der Waals surface area contributed by atoms with Crippen LogP contribution in [0.3, 0.4) is 0 Å². The topological polar surface area (TPSA) is 107 Å². The van der Waals surface area contributed by atoms with Crippen LogP contribution in [0.15, 0.2) is 59.7 Å². The third-order valence-electron chi connectivity index (χ3n) is 3.39. The van der Waals surface area contributed by atoms with Crippen LogP contribution in [0.4, 0.5) is 11.4 Å². The van der Waals surface area contributed by atoms with Gasteiger partial charge in [-0.3, -0.25) is 24.3 Å². The summed E-state index contributed by atoms with van der Waals surface area (Å²) in [7, 11) is 0. The van der Waals surface area contributed by atoms with E-state index in [1.807, 2.05) is 6.07 Å². The van der Waals surface area contributed by atoms with Gasteiger partial charge in [0, 0.05) is 17.8 Å². The summed E-state index contributed by atoms with van der Waals surface area (Å²) in [5.41, 5.74) is 0.265. The highest BCUT2D eigenvalue weighted by Gasteiger charge is 2.12. The Labute approximate surface area is 135 Å². The van der Waals surface area contributed by atoms with Gasteiger partial charge in [0.1, 0.15) is 6.54 Å². The van der Waals surface area contributed by atoms with Crippen molar-refractivity contribution in [2.24, 2.45) is 0 Å². The molecule has 0 spiro atoms. The number of anilines is 1. The molecule has 1 aromatic heterocycles. The van der Waals surface area contributed by atoms with E-state index in [1.165, 1.54) is 24.5 Å². The molecule has 3 aromatic rings. The number of fused-ring (bicyclic) bond motifs is 1. The number of nitro groups is 1. The first-order valence-corrected chi connectivity index (χ1v) is 7.03. The molecule has 0 unspecified atom stereocenters. The lowest BCUT2D eigenvalue weighted by molar-refractivity contribution is -0.384. The molecule has 0 aliphatic rings. The number of non-ortho nitro benzene ring substituents is 1. The number of rotatable bonds is 4. The van der Waals surface area contributed by atoms with Crippen molar-refractivity contribution in [2.75, 3.05) is 5.32 Å². The van der Waals surface area contributed by atoms with E-state index in [-0.39, 0.29) is 29.0 Å². The van der Waals surface area contributed by atoms with Crippen LogP contribution < -0.4 is 10.9 Å². The van der Waals surface area contributed by atoms with Crippen LogP contribution in [0.5, 0.6) is 0 Å². The molecule has 0 saturated heterocycles. The minimum Gasteiger partial charge on any atom is -0.325 e. The van der Waals surface area contributed by atoms with Crippen LogP contribution in [0.1, 0.15) is 0 Å². The Bertz CT molecular complexity index is 982. The standard InChI is InChI=1S/C16H12N4O4/c21-15(18-11-4-2-1-3-5-11)9-19-10-17-14-8-12(20(23)24)6-7-13(14)16(19)22/h1-8,10H,9H2,(H,18,21). The second kappa shape index (κ2) is 6.29. The maximum absolute atomic E-state index is 12.4. The number of hydrogen-bond acceptors (Lipinski definition) is 5. The van der Waals surface area contributed by atoms with Gasteiger partial charge < -0.3 is 5.32 Å². The second-order valence-corrected chi connectivity index (χ2v) is 5.05. The molecule has 24 heavy (non-hydrogen) atoms. The molecule has 8 nitrogen and oxygen atoms in total.